The number of hydrogen-bond donors (Lipinski definition) is 7. The molecule has 3 rings (SSSR count). The lowest BCUT2D eigenvalue weighted by Crippen LogP contribution is -2.61. The van der Waals surface area contributed by atoms with Gasteiger partial charge in [0.15, 0.2) is 24.3 Å². The van der Waals surface area contributed by atoms with E-state index in [1.165, 1.54) is 19.1 Å². The molecule has 0 saturated carbocycles. The van der Waals surface area contributed by atoms with Crippen molar-refractivity contribution >= 4 is 17.7 Å². The first kappa shape index (κ1) is 30.4. The van der Waals surface area contributed by atoms with E-state index < -0.39 is 98.0 Å². The summed E-state index contributed by atoms with van der Waals surface area (Å²) in [7, 11) is 0. The number of benzene rings is 1. The van der Waals surface area contributed by atoms with Crippen molar-refractivity contribution in [2.24, 2.45) is 0 Å². The molecule has 39 heavy (non-hydrogen) atoms. The highest BCUT2D eigenvalue weighted by molar-refractivity contribution is 5.97. The number of carbonyl (C=O) groups excluding carboxylic acids is 2. The molecule has 1 aromatic carbocycles. The van der Waals surface area contributed by atoms with Crippen molar-refractivity contribution in [3.05, 3.63) is 35.4 Å². The van der Waals surface area contributed by atoms with Gasteiger partial charge in [0, 0.05) is 0 Å². The van der Waals surface area contributed by atoms with E-state index in [0.717, 1.165) is 6.92 Å². The molecule has 2 aliphatic rings. The fraction of sp³-hybridized carbons (Fsp3) is 0.560. The lowest BCUT2D eigenvalue weighted by atomic mass is 9.95. The summed E-state index contributed by atoms with van der Waals surface area (Å²) in [5.41, 5.74) is -1.96. The van der Waals surface area contributed by atoms with Gasteiger partial charge in [0.2, 0.25) is 0 Å². The number of carboxylic acids is 1. The lowest BCUT2D eigenvalue weighted by Gasteiger charge is -2.42. The second-order valence-corrected chi connectivity index (χ2v) is 9.75. The maximum Gasteiger partial charge on any atom is 0.309 e. The Labute approximate surface area is 222 Å². The predicted octanol–water partition coefficient (Wildman–Crippen LogP) is -1.07. The minimum absolute atomic E-state index is 0.0111. The summed E-state index contributed by atoms with van der Waals surface area (Å²) < 4.78 is 22.3. The van der Waals surface area contributed by atoms with E-state index >= 15 is 0 Å². The third-order valence-corrected chi connectivity index (χ3v) is 6.40. The van der Waals surface area contributed by atoms with Crippen LogP contribution in [0.25, 0.3) is 0 Å². The fourth-order valence-corrected chi connectivity index (χ4v) is 4.47. The van der Waals surface area contributed by atoms with E-state index in [9.17, 15) is 45.0 Å². The quantitative estimate of drug-likeness (QED) is 0.0978. The first-order chi connectivity index (χ1) is 18.2. The minimum Gasteiger partial charge on any atom is -0.507 e. The number of esters is 1. The van der Waals surface area contributed by atoms with Gasteiger partial charge < -0.3 is 54.7 Å². The Hall–Kier alpha value is -3.11. The Balaban J connectivity index is 1.90. The van der Waals surface area contributed by atoms with Crippen LogP contribution in [0.15, 0.2) is 24.3 Å². The van der Waals surface area contributed by atoms with Crippen molar-refractivity contribution in [1.29, 1.82) is 0 Å². The molecule has 7 N–H and O–H groups in total. The second kappa shape index (κ2) is 12.0. The van der Waals surface area contributed by atoms with Crippen LogP contribution in [0.4, 0.5) is 0 Å². The van der Waals surface area contributed by atoms with Gasteiger partial charge in [0.25, 0.3) is 0 Å². The molecule has 0 unspecified atom stereocenters. The molecule has 0 bridgehead atoms. The Morgan fingerprint density at radius 2 is 1.79 bits per heavy atom. The zero-order valence-corrected chi connectivity index (χ0v) is 21.2. The minimum atomic E-state index is -2.00. The van der Waals surface area contributed by atoms with Crippen LogP contribution in [-0.2, 0) is 23.8 Å². The summed E-state index contributed by atoms with van der Waals surface area (Å²) in [4.78, 5) is 35.4. The number of aliphatic hydroxyl groups excluding tert-OH is 4. The van der Waals surface area contributed by atoms with Crippen molar-refractivity contribution in [1.82, 2.24) is 0 Å². The van der Waals surface area contributed by atoms with Crippen LogP contribution in [0.3, 0.4) is 0 Å². The first-order valence-corrected chi connectivity index (χ1v) is 11.9. The number of phenols is 1. The van der Waals surface area contributed by atoms with Crippen LogP contribution in [0, 0.1) is 0 Å². The number of carbonyl (C=O) groups is 3. The maximum atomic E-state index is 12.5. The van der Waals surface area contributed by atoms with Gasteiger partial charge in [-0.25, -0.2) is 0 Å². The SMILES string of the molecule is C=C(CO)[C@H]1Oc2ccc(C(C)=O)c(O)c2[C@H]1O[C@H]1O[C@H](CO)[C@@H](O)[C@H](OC(=O)C[C@](C)(O)CC(=O)O)[C@H]1O. The summed E-state index contributed by atoms with van der Waals surface area (Å²) in [6.07, 6.45) is -12.6. The third-order valence-electron chi connectivity index (χ3n) is 6.40. The molecule has 2 aliphatic heterocycles. The Bertz CT molecular complexity index is 1110. The standard InChI is InChI=1S/C25H32O14/c1-10(8-26)21-22(17-13(36-21)5-4-12(11(2)28)18(17)32)39-24-20(34)23(19(33)14(9-27)37-24)38-16(31)7-25(3,35)6-15(29)30/h4-5,14,19-24,26-27,32-35H,1,6-9H2,2-3H3,(H,29,30)/t14-,19-,20-,21-,22-,23+,24-,25-/m1/s1. The summed E-state index contributed by atoms with van der Waals surface area (Å²) >= 11 is 0. The van der Waals surface area contributed by atoms with Crippen molar-refractivity contribution in [2.75, 3.05) is 13.2 Å². The zero-order chi connectivity index (χ0) is 29.2. The third kappa shape index (κ3) is 6.55. The number of Topliss-reactive ketones (excluding diaryl/α,β-unsaturated/α-hetero) is 1. The van der Waals surface area contributed by atoms with Crippen molar-refractivity contribution in [3.63, 3.8) is 0 Å². The molecule has 2 heterocycles. The van der Waals surface area contributed by atoms with Gasteiger partial charge in [-0.05, 0) is 31.6 Å². The highest BCUT2D eigenvalue weighted by atomic mass is 16.7. The smallest absolute Gasteiger partial charge is 0.309 e. The second-order valence-electron chi connectivity index (χ2n) is 9.75. The van der Waals surface area contributed by atoms with Crippen LogP contribution in [0.1, 0.15) is 48.7 Å². The van der Waals surface area contributed by atoms with E-state index in [4.69, 9.17) is 24.1 Å². The molecule has 14 nitrogen and oxygen atoms in total. The molecule has 0 aromatic heterocycles. The van der Waals surface area contributed by atoms with E-state index in [1.54, 1.807) is 0 Å². The summed E-state index contributed by atoms with van der Waals surface area (Å²) in [6, 6.07) is 2.73. The van der Waals surface area contributed by atoms with E-state index in [1.807, 2.05) is 0 Å². The summed E-state index contributed by atoms with van der Waals surface area (Å²) in [5, 5.41) is 70.8. The predicted molar refractivity (Wildman–Crippen MR) is 128 cm³/mol. The number of aliphatic hydroxyl groups is 5. The first-order valence-electron chi connectivity index (χ1n) is 11.9. The van der Waals surface area contributed by atoms with Crippen LogP contribution in [-0.4, -0.2) is 109 Å². The molecule has 216 valence electrons. The van der Waals surface area contributed by atoms with Gasteiger partial charge in [-0.1, -0.05) is 6.58 Å². The molecule has 0 radical (unpaired) electrons. The molecule has 0 amide bonds. The summed E-state index contributed by atoms with van der Waals surface area (Å²) in [5.74, 6) is -3.39. The zero-order valence-electron chi connectivity index (χ0n) is 21.2. The molecule has 1 fully saturated rings. The van der Waals surface area contributed by atoms with Crippen molar-refractivity contribution in [3.8, 4) is 11.5 Å². The van der Waals surface area contributed by atoms with Gasteiger partial charge in [-0.2, -0.15) is 0 Å². The number of aromatic hydroxyl groups is 1. The van der Waals surface area contributed by atoms with Gasteiger partial charge in [0.1, 0.15) is 35.9 Å². The molecule has 0 spiro atoms. The van der Waals surface area contributed by atoms with Crippen molar-refractivity contribution < 1.29 is 69.1 Å². The Kier molecular flexibility index (Phi) is 9.33. The van der Waals surface area contributed by atoms with Gasteiger partial charge in [-0.15, -0.1) is 0 Å². The molecule has 14 heteroatoms. The molecular formula is C25H32O14. The monoisotopic (exact) mass is 556 g/mol. The van der Waals surface area contributed by atoms with E-state index in [2.05, 4.69) is 6.58 Å². The Morgan fingerprint density at radius 1 is 1.13 bits per heavy atom. The highest BCUT2D eigenvalue weighted by Crippen LogP contribution is 2.48. The van der Waals surface area contributed by atoms with Crippen LogP contribution in [0.2, 0.25) is 0 Å². The number of phenolic OH excluding ortho intramolecular Hbond substituents is 1. The highest BCUT2D eigenvalue weighted by Gasteiger charge is 2.51. The van der Waals surface area contributed by atoms with E-state index in [0.29, 0.717) is 0 Å². The normalized spacial score (nSPS) is 29.6. The fourth-order valence-electron chi connectivity index (χ4n) is 4.47. The van der Waals surface area contributed by atoms with Crippen LogP contribution < -0.4 is 4.74 Å². The number of carboxylic acid groups (broad SMARTS) is 1. The number of ketones is 1. The maximum absolute atomic E-state index is 12.5. The molecular weight excluding hydrogens is 524 g/mol. The lowest BCUT2D eigenvalue weighted by molar-refractivity contribution is -0.316. The molecule has 0 aliphatic carbocycles. The number of hydrogen-bond acceptors (Lipinski definition) is 13. The summed E-state index contributed by atoms with van der Waals surface area (Å²) in [6.45, 7) is 4.68. The molecule has 8 atom stereocenters. The Morgan fingerprint density at radius 3 is 2.36 bits per heavy atom. The number of ether oxygens (including phenoxy) is 4. The molecule has 1 saturated heterocycles. The largest absolute Gasteiger partial charge is 0.507 e. The van der Waals surface area contributed by atoms with Crippen molar-refractivity contribution in [2.45, 2.75) is 75.2 Å². The number of fused-ring (bicyclic) bond motifs is 1. The molecule has 1 aromatic rings. The van der Waals surface area contributed by atoms with Crippen LogP contribution >= 0.6 is 0 Å². The average Bonchev–Trinajstić information content (AvgIpc) is 3.20. The van der Waals surface area contributed by atoms with Gasteiger partial charge in [-0.3, -0.25) is 14.4 Å². The average molecular weight is 557 g/mol. The topological polar surface area (TPSA) is 230 Å². The van der Waals surface area contributed by atoms with Gasteiger partial charge in [0.05, 0.1) is 42.8 Å². The number of aliphatic carboxylic acids is 1. The van der Waals surface area contributed by atoms with Crippen LogP contribution in [0.5, 0.6) is 11.5 Å². The van der Waals surface area contributed by atoms with Gasteiger partial charge >= 0.3 is 11.9 Å². The van der Waals surface area contributed by atoms with E-state index in [-0.39, 0.29) is 22.4 Å². The number of rotatable bonds is 11.